The summed E-state index contributed by atoms with van der Waals surface area (Å²) >= 11 is 0. The summed E-state index contributed by atoms with van der Waals surface area (Å²) in [6.45, 7) is 5.01. The number of rotatable bonds is 3. The van der Waals surface area contributed by atoms with Gasteiger partial charge in [-0.05, 0) is 12.1 Å². The van der Waals surface area contributed by atoms with Crippen molar-refractivity contribution in [3.05, 3.63) is 24.0 Å². The van der Waals surface area contributed by atoms with Gasteiger partial charge in [0.05, 0.1) is 5.69 Å². The number of nitrogens with one attached hydrogen (secondary N) is 1. The van der Waals surface area contributed by atoms with Gasteiger partial charge < -0.3 is 5.32 Å². The summed E-state index contributed by atoms with van der Waals surface area (Å²) in [6.07, 6.45) is 1.68. The first kappa shape index (κ1) is 8.14. The van der Waals surface area contributed by atoms with Crippen molar-refractivity contribution in [3.63, 3.8) is 0 Å². The zero-order chi connectivity index (χ0) is 8.10. The second-order valence-electron chi connectivity index (χ2n) is 2.75. The van der Waals surface area contributed by atoms with E-state index in [0.717, 1.165) is 12.2 Å². The molecule has 0 radical (unpaired) electrons. The molecule has 1 aromatic heterocycles. The van der Waals surface area contributed by atoms with Crippen molar-refractivity contribution in [1.29, 1.82) is 0 Å². The summed E-state index contributed by atoms with van der Waals surface area (Å²) in [6, 6.07) is 4.35. The molecule has 0 aliphatic carbocycles. The first-order chi connectivity index (χ1) is 5.29. The molecule has 0 amide bonds. The van der Waals surface area contributed by atoms with E-state index in [1.807, 2.05) is 12.1 Å². The predicted molar refractivity (Wildman–Crippen MR) is 44.0 cm³/mol. The molecule has 1 heterocycles. The second kappa shape index (κ2) is 4.03. The first-order valence-corrected chi connectivity index (χ1v) is 3.79. The van der Waals surface area contributed by atoms with Crippen molar-refractivity contribution in [3.8, 4) is 0 Å². The van der Waals surface area contributed by atoms with Crippen molar-refractivity contribution in [2.45, 2.75) is 26.4 Å². The Morgan fingerprint density at radius 2 is 2.36 bits per heavy atom. The van der Waals surface area contributed by atoms with E-state index in [4.69, 9.17) is 0 Å². The van der Waals surface area contributed by atoms with Gasteiger partial charge in [0.25, 0.3) is 0 Å². The number of aromatic nitrogens is 2. The normalized spacial score (nSPS) is 10.5. The molecule has 3 nitrogen and oxygen atoms in total. The van der Waals surface area contributed by atoms with Gasteiger partial charge >= 0.3 is 0 Å². The van der Waals surface area contributed by atoms with Crippen molar-refractivity contribution in [2.75, 3.05) is 0 Å². The Labute approximate surface area is 66.8 Å². The van der Waals surface area contributed by atoms with Gasteiger partial charge in [-0.25, -0.2) is 0 Å². The summed E-state index contributed by atoms with van der Waals surface area (Å²) < 4.78 is 0. The lowest BCUT2D eigenvalue weighted by Crippen LogP contribution is -2.22. The molecule has 0 saturated heterocycles. The Kier molecular flexibility index (Phi) is 2.98. The Morgan fingerprint density at radius 3 is 2.91 bits per heavy atom. The van der Waals surface area contributed by atoms with Crippen LogP contribution in [-0.4, -0.2) is 16.2 Å². The Bertz CT molecular complexity index is 196. The van der Waals surface area contributed by atoms with Crippen LogP contribution < -0.4 is 5.32 Å². The fourth-order valence-electron chi connectivity index (χ4n) is 0.736. The fourth-order valence-corrected chi connectivity index (χ4v) is 0.736. The van der Waals surface area contributed by atoms with Crippen LogP contribution in [0.1, 0.15) is 19.5 Å². The third-order valence-corrected chi connectivity index (χ3v) is 1.32. The van der Waals surface area contributed by atoms with Crippen LogP contribution in [0.5, 0.6) is 0 Å². The van der Waals surface area contributed by atoms with Crippen LogP contribution >= 0.6 is 0 Å². The lowest BCUT2D eigenvalue weighted by Gasteiger charge is -2.05. The average Bonchev–Trinajstić information content (AvgIpc) is 2.03. The van der Waals surface area contributed by atoms with E-state index in [1.54, 1.807) is 6.20 Å². The topological polar surface area (TPSA) is 37.8 Å². The Morgan fingerprint density at radius 1 is 1.55 bits per heavy atom. The van der Waals surface area contributed by atoms with Crippen LogP contribution in [0, 0.1) is 0 Å². The van der Waals surface area contributed by atoms with E-state index in [2.05, 4.69) is 29.4 Å². The summed E-state index contributed by atoms with van der Waals surface area (Å²) in [5.41, 5.74) is 0.987. The van der Waals surface area contributed by atoms with E-state index in [-0.39, 0.29) is 0 Å². The molecule has 0 aromatic carbocycles. The molecule has 0 atom stereocenters. The van der Waals surface area contributed by atoms with Crippen LogP contribution in [0.15, 0.2) is 18.3 Å². The Hall–Kier alpha value is -0.960. The monoisotopic (exact) mass is 151 g/mol. The highest BCUT2D eigenvalue weighted by Crippen LogP contribution is 1.90. The Balaban J connectivity index is 2.39. The zero-order valence-electron chi connectivity index (χ0n) is 6.91. The number of hydrogen-bond acceptors (Lipinski definition) is 3. The van der Waals surface area contributed by atoms with E-state index in [9.17, 15) is 0 Å². The molecule has 0 bridgehead atoms. The van der Waals surface area contributed by atoms with Gasteiger partial charge in [0, 0.05) is 18.8 Å². The molecule has 11 heavy (non-hydrogen) atoms. The number of hydrogen-bond donors (Lipinski definition) is 1. The lowest BCUT2D eigenvalue weighted by atomic mass is 10.3. The summed E-state index contributed by atoms with van der Waals surface area (Å²) in [4.78, 5) is 0. The van der Waals surface area contributed by atoms with Gasteiger partial charge in [0.15, 0.2) is 0 Å². The highest BCUT2D eigenvalue weighted by Gasteiger charge is 1.94. The second-order valence-corrected chi connectivity index (χ2v) is 2.75. The zero-order valence-corrected chi connectivity index (χ0v) is 6.91. The minimum absolute atomic E-state index is 0.497. The minimum Gasteiger partial charge on any atom is -0.309 e. The van der Waals surface area contributed by atoms with E-state index < -0.39 is 0 Å². The predicted octanol–water partition coefficient (Wildman–Crippen LogP) is 0.975. The van der Waals surface area contributed by atoms with Gasteiger partial charge in [-0.2, -0.15) is 10.2 Å². The van der Waals surface area contributed by atoms with Gasteiger partial charge in [0.2, 0.25) is 0 Å². The van der Waals surface area contributed by atoms with Gasteiger partial charge in [-0.3, -0.25) is 0 Å². The smallest absolute Gasteiger partial charge is 0.0769 e. The molecule has 1 rings (SSSR count). The van der Waals surface area contributed by atoms with E-state index in [1.165, 1.54) is 0 Å². The highest BCUT2D eigenvalue weighted by molar-refractivity contribution is 4.98. The molecule has 0 saturated carbocycles. The third kappa shape index (κ3) is 3.09. The van der Waals surface area contributed by atoms with Crippen molar-refractivity contribution >= 4 is 0 Å². The first-order valence-electron chi connectivity index (χ1n) is 3.79. The van der Waals surface area contributed by atoms with Gasteiger partial charge in [-0.15, -0.1) is 0 Å². The maximum absolute atomic E-state index is 3.94. The summed E-state index contributed by atoms with van der Waals surface area (Å²) in [7, 11) is 0. The van der Waals surface area contributed by atoms with Crippen LogP contribution in [0.3, 0.4) is 0 Å². The molecular formula is C8H13N3. The maximum Gasteiger partial charge on any atom is 0.0769 e. The molecular weight excluding hydrogens is 138 g/mol. The molecule has 1 N–H and O–H groups in total. The summed E-state index contributed by atoms with van der Waals surface area (Å²) in [5.74, 6) is 0. The van der Waals surface area contributed by atoms with Gasteiger partial charge in [0.1, 0.15) is 0 Å². The van der Waals surface area contributed by atoms with Gasteiger partial charge in [-0.1, -0.05) is 13.8 Å². The van der Waals surface area contributed by atoms with E-state index in [0.29, 0.717) is 6.04 Å². The highest BCUT2D eigenvalue weighted by atomic mass is 15.1. The van der Waals surface area contributed by atoms with Crippen LogP contribution in [-0.2, 0) is 6.54 Å². The van der Waals surface area contributed by atoms with Crippen LogP contribution in [0.25, 0.3) is 0 Å². The number of nitrogens with zero attached hydrogens (tertiary/aromatic N) is 2. The third-order valence-electron chi connectivity index (χ3n) is 1.32. The molecule has 0 spiro atoms. The molecule has 3 heteroatoms. The standard InChI is InChI=1S/C8H13N3/c1-7(2)9-6-8-4-3-5-10-11-8/h3-5,7,9H,6H2,1-2H3. The molecule has 0 unspecified atom stereocenters. The SMILES string of the molecule is CC(C)NCc1cccnn1. The molecule has 1 aromatic rings. The molecule has 0 aliphatic rings. The fraction of sp³-hybridized carbons (Fsp3) is 0.500. The van der Waals surface area contributed by atoms with Crippen LogP contribution in [0.4, 0.5) is 0 Å². The van der Waals surface area contributed by atoms with E-state index >= 15 is 0 Å². The molecule has 0 aliphatic heterocycles. The summed E-state index contributed by atoms with van der Waals surface area (Å²) in [5, 5.41) is 11.0. The molecule has 0 fully saturated rings. The van der Waals surface area contributed by atoms with Crippen LogP contribution in [0.2, 0.25) is 0 Å². The lowest BCUT2D eigenvalue weighted by molar-refractivity contribution is 0.577. The van der Waals surface area contributed by atoms with Crippen molar-refractivity contribution in [1.82, 2.24) is 15.5 Å². The average molecular weight is 151 g/mol. The molecule has 60 valence electrons. The largest absolute Gasteiger partial charge is 0.309 e. The maximum atomic E-state index is 3.94. The van der Waals surface area contributed by atoms with Crippen molar-refractivity contribution < 1.29 is 0 Å². The minimum atomic E-state index is 0.497. The quantitative estimate of drug-likeness (QED) is 0.699. The van der Waals surface area contributed by atoms with Crippen molar-refractivity contribution in [2.24, 2.45) is 0 Å².